The second kappa shape index (κ2) is 3.54. The van der Waals surface area contributed by atoms with Gasteiger partial charge in [-0.2, -0.15) is 0 Å². The topological polar surface area (TPSA) is 24.9 Å². The van der Waals surface area contributed by atoms with E-state index in [-0.39, 0.29) is 0 Å². The number of aromatic nitrogens is 1. The molecule has 0 aliphatic heterocycles. The van der Waals surface area contributed by atoms with Crippen molar-refractivity contribution >= 4 is 11.3 Å². The van der Waals surface area contributed by atoms with E-state index in [1.54, 1.807) is 11.3 Å². The number of thiazole rings is 1. The molecule has 1 atom stereocenters. The summed E-state index contributed by atoms with van der Waals surface area (Å²) in [6.07, 6.45) is 5.96. The molecule has 1 aromatic rings. The molecule has 1 N–H and O–H groups in total. The first kappa shape index (κ1) is 8.20. The fraction of sp³-hybridized carbons (Fsp3) is 0.667. The average Bonchev–Trinajstić information content (AvgIpc) is 2.80. The van der Waals surface area contributed by atoms with Crippen LogP contribution >= 0.6 is 11.3 Å². The zero-order valence-electron chi connectivity index (χ0n) is 7.29. The van der Waals surface area contributed by atoms with Gasteiger partial charge in [-0.25, -0.2) is 0 Å². The molecule has 1 aliphatic carbocycles. The number of rotatable bonds is 4. The third kappa shape index (κ3) is 1.84. The highest BCUT2D eigenvalue weighted by Crippen LogP contribution is 2.34. The van der Waals surface area contributed by atoms with Crippen molar-refractivity contribution in [2.24, 2.45) is 5.92 Å². The van der Waals surface area contributed by atoms with Crippen molar-refractivity contribution in [3.8, 4) is 0 Å². The molecule has 3 heteroatoms. The lowest BCUT2D eigenvalue weighted by Gasteiger charge is -2.12. The van der Waals surface area contributed by atoms with E-state index in [9.17, 15) is 0 Å². The first-order valence-electron chi connectivity index (χ1n) is 4.45. The first-order chi connectivity index (χ1) is 5.90. The van der Waals surface area contributed by atoms with E-state index in [0.717, 1.165) is 12.3 Å². The van der Waals surface area contributed by atoms with E-state index in [1.165, 1.54) is 17.7 Å². The number of nitrogens with one attached hydrogen (secondary N) is 1. The molecule has 1 saturated carbocycles. The predicted molar refractivity (Wildman–Crippen MR) is 51.4 cm³/mol. The molecule has 66 valence electrons. The maximum atomic E-state index is 4.08. The lowest BCUT2D eigenvalue weighted by atomic mass is 10.1. The number of nitrogens with zero attached hydrogens (tertiary/aromatic N) is 1. The smallest absolute Gasteiger partial charge is 0.0794 e. The largest absolute Gasteiger partial charge is 0.316 e. The third-order valence-corrected chi connectivity index (χ3v) is 3.27. The highest BCUT2D eigenvalue weighted by molar-refractivity contribution is 7.09. The van der Waals surface area contributed by atoms with Crippen molar-refractivity contribution in [3.05, 3.63) is 16.6 Å². The van der Waals surface area contributed by atoms with E-state index in [4.69, 9.17) is 0 Å². The van der Waals surface area contributed by atoms with Crippen LogP contribution in [-0.4, -0.2) is 18.1 Å². The fourth-order valence-corrected chi connectivity index (χ4v) is 2.22. The Hall–Kier alpha value is -0.410. The summed E-state index contributed by atoms with van der Waals surface area (Å²) in [5.41, 5.74) is 1.91. The normalized spacial score (nSPS) is 19.4. The van der Waals surface area contributed by atoms with Crippen molar-refractivity contribution in [3.63, 3.8) is 0 Å². The van der Waals surface area contributed by atoms with Gasteiger partial charge in [0.25, 0.3) is 0 Å². The quantitative estimate of drug-likeness (QED) is 0.766. The monoisotopic (exact) mass is 182 g/mol. The SMILES string of the molecule is CNC(Cc1cncs1)C1CC1. The van der Waals surface area contributed by atoms with Gasteiger partial charge < -0.3 is 5.32 Å². The zero-order chi connectivity index (χ0) is 8.39. The first-order valence-corrected chi connectivity index (χ1v) is 5.32. The third-order valence-electron chi connectivity index (χ3n) is 2.47. The van der Waals surface area contributed by atoms with Crippen LogP contribution in [0.5, 0.6) is 0 Å². The molecule has 0 amide bonds. The highest BCUT2D eigenvalue weighted by Gasteiger charge is 2.30. The summed E-state index contributed by atoms with van der Waals surface area (Å²) in [5.74, 6) is 0.928. The Balaban J connectivity index is 1.91. The van der Waals surface area contributed by atoms with E-state index in [0.29, 0.717) is 6.04 Å². The van der Waals surface area contributed by atoms with Crippen molar-refractivity contribution in [2.45, 2.75) is 25.3 Å². The summed E-state index contributed by atoms with van der Waals surface area (Å²) in [6.45, 7) is 0. The van der Waals surface area contributed by atoms with Crippen LogP contribution < -0.4 is 5.32 Å². The Morgan fingerprint density at radius 2 is 2.58 bits per heavy atom. The lowest BCUT2D eigenvalue weighted by molar-refractivity contribution is 0.503. The molecular weight excluding hydrogens is 168 g/mol. The fourth-order valence-electron chi connectivity index (χ4n) is 1.56. The minimum Gasteiger partial charge on any atom is -0.316 e. The van der Waals surface area contributed by atoms with Crippen molar-refractivity contribution in [1.29, 1.82) is 0 Å². The molecule has 1 aromatic heterocycles. The highest BCUT2D eigenvalue weighted by atomic mass is 32.1. The van der Waals surface area contributed by atoms with E-state index < -0.39 is 0 Å². The van der Waals surface area contributed by atoms with Crippen LogP contribution in [0.4, 0.5) is 0 Å². The number of hydrogen-bond acceptors (Lipinski definition) is 3. The van der Waals surface area contributed by atoms with Gasteiger partial charge in [0.15, 0.2) is 0 Å². The van der Waals surface area contributed by atoms with Gasteiger partial charge in [0, 0.05) is 17.1 Å². The van der Waals surface area contributed by atoms with Gasteiger partial charge in [-0.05, 0) is 32.2 Å². The van der Waals surface area contributed by atoms with Crippen LogP contribution in [0.15, 0.2) is 11.7 Å². The Morgan fingerprint density at radius 3 is 3.08 bits per heavy atom. The second-order valence-corrected chi connectivity index (χ2v) is 4.38. The summed E-state index contributed by atoms with van der Waals surface area (Å²) < 4.78 is 0. The Labute approximate surface area is 77.0 Å². The molecular formula is C9H14N2S. The molecule has 1 fully saturated rings. The summed E-state index contributed by atoms with van der Waals surface area (Å²) in [7, 11) is 2.06. The lowest BCUT2D eigenvalue weighted by Crippen LogP contribution is -2.29. The number of likely N-dealkylation sites (N-methyl/N-ethyl adjacent to an activating group) is 1. The van der Waals surface area contributed by atoms with Gasteiger partial charge in [0.2, 0.25) is 0 Å². The standard InChI is InChI=1S/C9H14N2S/c1-10-9(7-2-3-7)4-8-5-11-6-12-8/h5-7,9-10H,2-4H2,1H3. The van der Waals surface area contributed by atoms with Crippen molar-refractivity contribution in [2.75, 3.05) is 7.05 Å². The molecule has 2 rings (SSSR count). The minimum absolute atomic E-state index is 0.686. The molecule has 0 spiro atoms. The summed E-state index contributed by atoms with van der Waals surface area (Å²) in [5, 5.41) is 3.38. The summed E-state index contributed by atoms with van der Waals surface area (Å²) in [4.78, 5) is 5.48. The second-order valence-electron chi connectivity index (χ2n) is 3.40. The molecule has 1 unspecified atom stereocenters. The van der Waals surface area contributed by atoms with Crippen LogP contribution in [0.1, 0.15) is 17.7 Å². The zero-order valence-corrected chi connectivity index (χ0v) is 8.10. The van der Waals surface area contributed by atoms with Crippen molar-refractivity contribution in [1.82, 2.24) is 10.3 Å². The molecule has 1 aliphatic rings. The molecule has 0 aromatic carbocycles. The maximum Gasteiger partial charge on any atom is 0.0794 e. The maximum absolute atomic E-state index is 4.08. The molecule has 0 bridgehead atoms. The van der Waals surface area contributed by atoms with Gasteiger partial charge in [0.1, 0.15) is 0 Å². The predicted octanol–water partition coefficient (Wildman–Crippen LogP) is 1.68. The van der Waals surface area contributed by atoms with Crippen molar-refractivity contribution < 1.29 is 0 Å². The van der Waals surface area contributed by atoms with E-state index >= 15 is 0 Å². The average molecular weight is 182 g/mol. The van der Waals surface area contributed by atoms with Gasteiger partial charge in [-0.3, -0.25) is 4.98 Å². The van der Waals surface area contributed by atoms with Gasteiger partial charge in [-0.15, -0.1) is 11.3 Å². The van der Waals surface area contributed by atoms with Gasteiger partial charge in [0.05, 0.1) is 5.51 Å². The summed E-state index contributed by atoms with van der Waals surface area (Å²) in [6, 6.07) is 0.686. The molecule has 0 saturated heterocycles. The molecule has 1 heterocycles. The van der Waals surface area contributed by atoms with E-state index in [1.807, 2.05) is 11.7 Å². The summed E-state index contributed by atoms with van der Waals surface area (Å²) >= 11 is 1.76. The van der Waals surface area contributed by atoms with Crippen LogP contribution in [0.2, 0.25) is 0 Å². The van der Waals surface area contributed by atoms with Gasteiger partial charge in [-0.1, -0.05) is 0 Å². The van der Waals surface area contributed by atoms with Gasteiger partial charge >= 0.3 is 0 Å². The molecule has 12 heavy (non-hydrogen) atoms. The Kier molecular flexibility index (Phi) is 2.42. The van der Waals surface area contributed by atoms with E-state index in [2.05, 4.69) is 17.3 Å². The van der Waals surface area contributed by atoms with Crippen LogP contribution in [0.3, 0.4) is 0 Å². The Morgan fingerprint density at radius 1 is 1.75 bits per heavy atom. The molecule has 2 nitrogen and oxygen atoms in total. The van der Waals surface area contributed by atoms with Crippen LogP contribution in [-0.2, 0) is 6.42 Å². The molecule has 0 radical (unpaired) electrons. The minimum atomic E-state index is 0.686. The Bertz CT molecular complexity index is 229. The van der Waals surface area contributed by atoms with Crippen LogP contribution in [0.25, 0.3) is 0 Å². The number of hydrogen-bond donors (Lipinski definition) is 1. The van der Waals surface area contributed by atoms with Crippen LogP contribution in [0, 0.1) is 5.92 Å².